The molecule has 1 aromatic heterocycles. The molecule has 0 spiro atoms. The van der Waals surface area contributed by atoms with Crippen molar-refractivity contribution in [3.8, 4) is 17.1 Å². The number of aromatic amines is 1. The highest BCUT2D eigenvalue weighted by Gasteiger charge is 2.26. The average Bonchev–Trinajstić information content (AvgIpc) is 3.00. The van der Waals surface area contributed by atoms with Crippen LogP contribution in [0.15, 0.2) is 41.5 Å². The molecule has 0 amide bonds. The van der Waals surface area contributed by atoms with Crippen molar-refractivity contribution in [2.75, 3.05) is 0 Å². The van der Waals surface area contributed by atoms with E-state index in [-0.39, 0.29) is 10.8 Å². The minimum absolute atomic E-state index is 0.214. The van der Waals surface area contributed by atoms with Gasteiger partial charge in [-0.15, -0.1) is 0 Å². The van der Waals surface area contributed by atoms with E-state index >= 15 is 0 Å². The smallest absolute Gasteiger partial charge is 0.216 e. The van der Waals surface area contributed by atoms with Crippen molar-refractivity contribution in [3.05, 3.63) is 62.9 Å². The number of nitrogens with one attached hydrogen (secondary N) is 1. The topological polar surface area (TPSA) is 66.2 Å². The molecule has 2 aromatic carbocycles. The third-order valence-electron chi connectivity index (χ3n) is 4.82. The molecule has 5 nitrogen and oxygen atoms in total. The molecule has 0 bridgehead atoms. The predicted octanol–water partition coefficient (Wildman–Crippen LogP) is 6.44. The van der Waals surface area contributed by atoms with E-state index in [0.29, 0.717) is 21.4 Å². The van der Waals surface area contributed by atoms with Gasteiger partial charge < -0.3 is 5.11 Å². The molecule has 0 aliphatic heterocycles. The van der Waals surface area contributed by atoms with Crippen molar-refractivity contribution in [3.63, 3.8) is 0 Å². The summed E-state index contributed by atoms with van der Waals surface area (Å²) in [7, 11) is 0. The van der Waals surface area contributed by atoms with Gasteiger partial charge in [0.25, 0.3) is 0 Å². The minimum Gasteiger partial charge on any atom is -0.507 e. The number of aromatic nitrogens is 3. The van der Waals surface area contributed by atoms with Gasteiger partial charge in [-0.05, 0) is 65.0 Å². The Morgan fingerprint density at radius 1 is 1.03 bits per heavy atom. The molecule has 0 saturated heterocycles. The van der Waals surface area contributed by atoms with Crippen LogP contribution in [-0.2, 0) is 10.8 Å². The molecule has 0 aliphatic carbocycles. The minimum atomic E-state index is -0.214. The second-order valence-corrected chi connectivity index (χ2v) is 10.2. The van der Waals surface area contributed by atoms with E-state index in [1.165, 1.54) is 0 Å². The van der Waals surface area contributed by atoms with Crippen LogP contribution in [-0.4, -0.2) is 26.2 Å². The summed E-state index contributed by atoms with van der Waals surface area (Å²) in [5.74, 6) is 0.938. The molecule has 2 N–H and O–H groups in total. The van der Waals surface area contributed by atoms with Gasteiger partial charge in [0.2, 0.25) is 4.77 Å². The summed E-state index contributed by atoms with van der Waals surface area (Å²) in [4.78, 5) is 0. The largest absolute Gasteiger partial charge is 0.507 e. The fraction of sp³-hybridized carbons (Fsp3) is 0.348. The Balaban J connectivity index is 2.10. The maximum absolute atomic E-state index is 10.9. The van der Waals surface area contributed by atoms with Gasteiger partial charge in [0.05, 0.1) is 6.21 Å². The van der Waals surface area contributed by atoms with Crippen molar-refractivity contribution in [1.82, 2.24) is 14.9 Å². The van der Waals surface area contributed by atoms with Crippen molar-refractivity contribution >= 4 is 30.0 Å². The number of rotatable bonds is 3. The fourth-order valence-corrected chi connectivity index (χ4v) is 3.49. The molecule has 7 heteroatoms. The molecular weight excluding hydrogens is 416 g/mol. The second-order valence-electron chi connectivity index (χ2n) is 9.38. The number of hydrogen-bond acceptors (Lipinski definition) is 4. The van der Waals surface area contributed by atoms with Crippen LogP contribution in [0, 0.1) is 4.77 Å². The van der Waals surface area contributed by atoms with Gasteiger partial charge in [-0.25, -0.2) is 5.10 Å². The van der Waals surface area contributed by atoms with Gasteiger partial charge in [0, 0.05) is 21.7 Å². The number of halogens is 1. The normalized spacial score (nSPS) is 12.6. The van der Waals surface area contributed by atoms with Gasteiger partial charge in [0.15, 0.2) is 5.82 Å². The van der Waals surface area contributed by atoms with Gasteiger partial charge in [0.1, 0.15) is 5.75 Å². The Hall–Kier alpha value is -2.44. The summed E-state index contributed by atoms with van der Waals surface area (Å²) < 4.78 is 1.97. The molecule has 3 aromatic rings. The van der Waals surface area contributed by atoms with Crippen molar-refractivity contribution in [2.24, 2.45) is 5.10 Å². The van der Waals surface area contributed by atoms with Gasteiger partial charge in [-0.1, -0.05) is 53.1 Å². The molecule has 158 valence electrons. The van der Waals surface area contributed by atoms with Gasteiger partial charge in [-0.2, -0.15) is 14.9 Å². The highest BCUT2D eigenvalue weighted by Crippen LogP contribution is 2.39. The van der Waals surface area contributed by atoms with Crippen molar-refractivity contribution in [1.29, 1.82) is 0 Å². The number of hydrogen-bond donors (Lipinski definition) is 2. The summed E-state index contributed by atoms with van der Waals surface area (Å²) in [6.07, 6.45) is 1.74. The summed E-state index contributed by atoms with van der Waals surface area (Å²) in [5, 5.41) is 23.2. The first-order chi connectivity index (χ1) is 13.9. The van der Waals surface area contributed by atoms with Crippen molar-refractivity contribution < 1.29 is 5.11 Å². The third kappa shape index (κ3) is 4.65. The average molecular weight is 443 g/mol. The third-order valence-corrected chi connectivity index (χ3v) is 5.34. The van der Waals surface area contributed by atoms with E-state index in [1.54, 1.807) is 23.0 Å². The van der Waals surface area contributed by atoms with E-state index in [1.807, 2.05) is 24.3 Å². The molecule has 1 heterocycles. The summed E-state index contributed by atoms with van der Waals surface area (Å²) in [5.41, 5.74) is 3.06. The molecule has 0 fully saturated rings. The highest BCUT2D eigenvalue weighted by molar-refractivity contribution is 7.71. The maximum Gasteiger partial charge on any atom is 0.216 e. The van der Waals surface area contributed by atoms with Crippen LogP contribution >= 0.6 is 23.8 Å². The van der Waals surface area contributed by atoms with Gasteiger partial charge >= 0.3 is 0 Å². The Morgan fingerprint density at radius 3 is 2.07 bits per heavy atom. The SMILES string of the molecule is CC(C)(C)c1cc(C=Nn2c(-c3ccc(Cl)cc3)n[nH]c2=S)cc(C(C)(C)C)c1O. The molecule has 0 aliphatic rings. The van der Waals surface area contributed by atoms with Crippen molar-refractivity contribution in [2.45, 2.75) is 52.4 Å². The zero-order chi connectivity index (χ0) is 22.3. The first-order valence-electron chi connectivity index (χ1n) is 9.73. The molecule has 3 rings (SSSR count). The Bertz CT molecular complexity index is 1110. The monoisotopic (exact) mass is 442 g/mol. The fourth-order valence-electron chi connectivity index (χ4n) is 3.18. The lowest BCUT2D eigenvalue weighted by Crippen LogP contribution is -2.18. The Labute approximate surface area is 187 Å². The second kappa shape index (κ2) is 8.00. The lowest BCUT2D eigenvalue weighted by molar-refractivity contribution is 0.423. The van der Waals surface area contributed by atoms with Crippen LogP contribution in [0.4, 0.5) is 0 Å². The predicted molar refractivity (Wildman–Crippen MR) is 126 cm³/mol. The maximum atomic E-state index is 10.9. The molecule has 0 radical (unpaired) electrons. The highest BCUT2D eigenvalue weighted by atomic mass is 35.5. The van der Waals surface area contributed by atoms with Crippen LogP contribution < -0.4 is 0 Å². The van der Waals surface area contributed by atoms with E-state index in [9.17, 15) is 5.11 Å². The number of phenols is 1. The molecule has 0 unspecified atom stereocenters. The quantitative estimate of drug-likeness (QED) is 0.362. The van der Waals surface area contributed by atoms with E-state index in [2.05, 4.69) is 56.8 Å². The molecule has 30 heavy (non-hydrogen) atoms. The van der Waals surface area contributed by atoms with Crippen LogP contribution in [0.25, 0.3) is 11.4 Å². The van der Waals surface area contributed by atoms with Crippen LogP contribution in [0.5, 0.6) is 5.75 Å². The zero-order valence-electron chi connectivity index (χ0n) is 18.1. The molecule has 0 saturated carbocycles. The number of benzene rings is 2. The first kappa shape index (κ1) is 22.2. The number of aromatic hydroxyl groups is 1. The summed E-state index contributed by atoms with van der Waals surface area (Å²) in [6, 6.07) is 11.3. The van der Waals surface area contributed by atoms with E-state index in [4.69, 9.17) is 23.8 Å². The zero-order valence-corrected chi connectivity index (χ0v) is 19.7. The molecule has 0 atom stereocenters. The summed E-state index contributed by atoms with van der Waals surface area (Å²) >= 11 is 11.4. The van der Waals surface area contributed by atoms with Crippen LogP contribution in [0.1, 0.15) is 58.2 Å². The van der Waals surface area contributed by atoms with Gasteiger partial charge in [-0.3, -0.25) is 0 Å². The number of nitrogens with zero attached hydrogens (tertiary/aromatic N) is 3. The summed E-state index contributed by atoms with van der Waals surface area (Å²) in [6.45, 7) is 12.5. The standard InChI is InChI=1S/C23H27ClN4OS/c1-22(2,3)17-11-14(12-18(19(17)29)23(4,5)6)13-25-28-20(26-27-21(28)30)15-7-9-16(24)10-8-15/h7-13,29H,1-6H3,(H,27,30). The van der Waals surface area contributed by atoms with Crippen LogP contribution in [0.2, 0.25) is 5.02 Å². The Kier molecular flexibility index (Phi) is 5.94. The lowest BCUT2D eigenvalue weighted by atomic mass is 9.78. The molecular formula is C23H27ClN4OS. The lowest BCUT2D eigenvalue weighted by Gasteiger charge is -2.27. The van der Waals surface area contributed by atoms with E-state index in [0.717, 1.165) is 22.3 Å². The van der Waals surface area contributed by atoms with Crippen LogP contribution in [0.3, 0.4) is 0 Å². The van der Waals surface area contributed by atoms with E-state index < -0.39 is 0 Å². The Morgan fingerprint density at radius 2 is 1.57 bits per heavy atom. The number of phenolic OH excluding ortho intramolecular Hbond substituents is 1. The first-order valence-corrected chi connectivity index (χ1v) is 10.5. The number of H-pyrrole nitrogens is 1.